The molecule has 1 heterocycles. The van der Waals surface area contributed by atoms with Crippen molar-refractivity contribution in [3.05, 3.63) is 0 Å². The van der Waals surface area contributed by atoms with Crippen LogP contribution >= 0.6 is 0 Å². The number of hydrogen-bond donors (Lipinski definition) is 1. The number of ether oxygens (including phenoxy) is 1. The summed E-state index contributed by atoms with van der Waals surface area (Å²) in [5.41, 5.74) is 5.19. The van der Waals surface area contributed by atoms with Crippen LogP contribution in [0.2, 0.25) is 0 Å². The maximum absolute atomic E-state index is 12.8. The zero-order valence-electron chi connectivity index (χ0n) is 15.2. The lowest BCUT2D eigenvalue weighted by molar-refractivity contribution is -0.176. The smallest absolute Gasteiger partial charge is 0.329 e. The lowest BCUT2D eigenvalue weighted by atomic mass is 9.72. The van der Waals surface area contributed by atoms with E-state index in [1.54, 1.807) is 11.8 Å². The minimum Gasteiger partial charge on any atom is -0.457 e. The summed E-state index contributed by atoms with van der Waals surface area (Å²) in [6.45, 7) is 10.9. The quantitative estimate of drug-likeness (QED) is 0.806. The fraction of sp³-hybridized carbons (Fsp3) is 0.889. The van der Waals surface area contributed by atoms with Crippen LogP contribution in [0.3, 0.4) is 0 Å². The number of carbonyl (C=O) groups is 2. The summed E-state index contributed by atoms with van der Waals surface area (Å²) in [5, 5.41) is 0. The third kappa shape index (κ3) is 3.12. The number of carbonyl (C=O) groups excluding carboxylic acids is 2. The molecule has 0 aromatic carbocycles. The van der Waals surface area contributed by atoms with Gasteiger partial charge in [-0.1, -0.05) is 27.2 Å². The lowest BCUT2D eigenvalue weighted by Crippen LogP contribution is -2.51. The third-order valence-electron chi connectivity index (χ3n) is 6.37. The van der Waals surface area contributed by atoms with Crippen molar-refractivity contribution < 1.29 is 14.3 Å². The molecule has 1 aliphatic heterocycles. The molecule has 0 spiro atoms. The Hall–Kier alpha value is -1.10. The second kappa shape index (κ2) is 6.42. The molecule has 1 amide bonds. The minimum atomic E-state index is -0.577. The van der Waals surface area contributed by atoms with Crippen LogP contribution in [0.5, 0.6) is 0 Å². The Morgan fingerprint density at radius 1 is 1.30 bits per heavy atom. The van der Waals surface area contributed by atoms with Crippen molar-refractivity contribution in [1.82, 2.24) is 4.90 Å². The molecule has 1 aliphatic carbocycles. The van der Waals surface area contributed by atoms with Gasteiger partial charge < -0.3 is 15.4 Å². The van der Waals surface area contributed by atoms with E-state index >= 15 is 0 Å². The lowest BCUT2D eigenvalue weighted by Gasteiger charge is -2.42. The highest BCUT2D eigenvalue weighted by atomic mass is 16.6. The predicted octanol–water partition coefficient (Wildman–Crippen LogP) is 2.47. The molecule has 1 saturated carbocycles. The van der Waals surface area contributed by atoms with Crippen LogP contribution in [0.25, 0.3) is 0 Å². The van der Waals surface area contributed by atoms with Gasteiger partial charge in [-0.2, -0.15) is 0 Å². The molecule has 2 unspecified atom stereocenters. The van der Waals surface area contributed by atoms with E-state index in [-0.39, 0.29) is 17.3 Å². The maximum Gasteiger partial charge on any atom is 0.329 e. The fourth-order valence-electron chi connectivity index (χ4n) is 4.29. The highest BCUT2D eigenvalue weighted by molar-refractivity contribution is 5.88. The second-order valence-corrected chi connectivity index (χ2v) is 8.00. The van der Waals surface area contributed by atoms with Crippen molar-refractivity contribution in [3.8, 4) is 0 Å². The van der Waals surface area contributed by atoms with Gasteiger partial charge in [-0.25, -0.2) is 4.79 Å². The first-order chi connectivity index (χ1) is 10.6. The maximum atomic E-state index is 12.8. The average Bonchev–Trinajstić information content (AvgIpc) is 3.02. The van der Waals surface area contributed by atoms with Crippen LogP contribution in [-0.2, 0) is 14.3 Å². The van der Waals surface area contributed by atoms with Crippen LogP contribution in [0.4, 0.5) is 0 Å². The van der Waals surface area contributed by atoms with Crippen molar-refractivity contribution in [3.63, 3.8) is 0 Å². The zero-order chi connectivity index (χ0) is 17.4. The number of nitrogens with two attached hydrogens (primary N) is 1. The number of likely N-dealkylation sites (tertiary alicyclic amines) is 1. The molecule has 2 rings (SSSR count). The van der Waals surface area contributed by atoms with E-state index in [4.69, 9.17) is 10.5 Å². The SMILES string of the molecule is CCC1CCC(C)(OC(=O)[C@@H]2CCCN2C(=O)[C@H](C)N)C1(C)C. The van der Waals surface area contributed by atoms with Gasteiger partial charge in [-0.15, -0.1) is 0 Å². The molecular formula is C18H32N2O3. The summed E-state index contributed by atoms with van der Waals surface area (Å²) in [6, 6.07) is -1.05. The van der Waals surface area contributed by atoms with Crippen LogP contribution in [0, 0.1) is 11.3 Å². The van der Waals surface area contributed by atoms with E-state index < -0.39 is 17.7 Å². The molecule has 5 heteroatoms. The molecule has 0 aromatic rings. The average molecular weight is 324 g/mol. The molecule has 2 fully saturated rings. The molecule has 0 bridgehead atoms. The highest BCUT2D eigenvalue weighted by Gasteiger charge is 2.54. The zero-order valence-corrected chi connectivity index (χ0v) is 15.2. The van der Waals surface area contributed by atoms with E-state index in [0.29, 0.717) is 18.9 Å². The first-order valence-electron chi connectivity index (χ1n) is 8.93. The number of hydrogen-bond acceptors (Lipinski definition) is 4. The Bertz CT molecular complexity index is 475. The normalized spacial score (nSPS) is 34.4. The molecule has 132 valence electrons. The van der Waals surface area contributed by atoms with Crippen LogP contribution in [0.15, 0.2) is 0 Å². The standard InChI is InChI=1S/C18H32N2O3/c1-6-13-9-10-18(5,17(13,3)4)23-16(22)14-8-7-11-20(14)15(21)12(2)19/h12-14H,6-11,19H2,1-5H3/t12-,13?,14-,18?/m0/s1. The van der Waals surface area contributed by atoms with Gasteiger partial charge in [-0.3, -0.25) is 4.79 Å². The molecule has 4 atom stereocenters. The summed E-state index contributed by atoms with van der Waals surface area (Å²) < 4.78 is 6.02. The van der Waals surface area contributed by atoms with Crippen LogP contribution in [0.1, 0.15) is 66.7 Å². The number of esters is 1. The van der Waals surface area contributed by atoms with Gasteiger partial charge in [-0.05, 0) is 45.4 Å². The van der Waals surface area contributed by atoms with Gasteiger partial charge in [0, 0.05) is 12.0 Å². The fourth-order valence-corrected chi connectivity index (χ4v) is 4.29. The molecule has 1 saturated heterocycles. The molecule has 5 nitrogen and oxygen atoms in total. The van der Waals surface area contributed by atoms with E-state index in [9.17, 15) is 9.59 Å². The molecule has 23 heavy (non-hydrogen) atoms. The molecule has 2 N–H and O–H groups in total. The van der Waals surface area contributed by atoms with Gasteiger partial charge in [0.1, 0.15) is 11.6 Å². The Morgan fingerprint density at radius 3 is 2.48 bits per heavy atom. The van der Waals surface area contributed by atoms with Crippen molar-refractivity contribution >= 4 is 11.9 Å². The Labute approximate surface area is 139 Å². The van der Waals surface area contributed by atoms with Gasteiger partial charge in [0.2, 0.25) is 5.91 Å². The summed E-state index contributed by atoms with van der Waals surface area (Å²) >= 11 is 0. The highest BCUT2D eigenvalue weighted by Crippen LogP contribution is 2.53. The van der Waals surface area contributed by atoms with Gasteiger partial charge >= 0.3 is 5.97 Å². The summed E-state index contributed by atoms with van der Waals surface area (Å²) in [4.78, 5) is 26.6. The number of nitrogens with zero attached hydrogens (tertiary/aromatic N) is 1. The Morgan fingerprint density at radius 2 is 1.96 bits per heavy atom. The second-order valence-electron chi connectivity index (χ2n) is 8.00. The molecule has 2 aliphatic rings. The van der Waals surface area contributed by atoms with Crippen LogP contribution in [-0.4, -0.2) is 41.0 Å². The van der Waals surface area contributed by atoms with Crippen molar-refractivity contribution in [1.29, 1.82) is 0 Å². The van der Waals surface area contributed by atoms with Crippen LogP contribution < -0.4 is 5.73 Å². The summed E-state index contributed by atoms with van der Waals surface area (Å²) in [5.74, 6) is 0.140. The van der Waals surface area contributed by atoms with E-state index in [1.807, 2.05) is 6.92 Å². The van der Waals surface area contributed by atoms with E-state index in [2.05, 4.69) is 20.8 Å². The monoisotopic (exact) mass is 324 g/mol. The molecular weight excluding hydrogens is 292 g/mol. The first-order valence-corrected chi connectivity index (χ1v) is 8.93. The minimum absolute atomic E-state index is 0.0496. The van der Waals surface area contributed by atoms with Crippen molar-refractivity contribution in [2.45, 2.75) is 84.4 Å². The molecule has 0 aromatic heterocycles. The Balaban J connectivity index is 2.11. The van der Waals surface area contributed by atoms with Crippen molar-refractivity contribution in [2.24, 2.45) is 17.1 Å². The summed E-state index contributed by atoms with van der Waals surface area (Å²) in [6.07, 6.45) is 4.57. The van der Waals surface area contributed by atoms with Gasteiger partial charge in [0.05, 0.1) is 6.04 Å². The van der Waals surface area contributed by atoms with Gasteiger partial charge in [0.25, 0.3) is 0 Å². The first kappa shape index (κ1) is 18.2. The van der Waals surface area contributed by atoms with Crippen molar-refractivity contribution in [2.75, 3.05) is 6.54 Å². The summed E-state index contributed by atoms with van der Waals surface area (Å²) in [7, 11) is 0. The van der Waals surface area contributed by atoms with E-state index in [0.717, 1.165) is 25.7 Å². The van der Waals surface area contributed by atoms with E-state index in [1.165, 1.54) is 0 Å². The molecule has 0 radical (unpaired) electrons. The third-order valence-corrected chi connectivity index (χ3v) is 6.37. The topological polar surface area (TPSA) is 72.6 Å². The number of amides is 1. The predicted molar refractivity (Wildman–Crippen MR) is 89.7 cm³/mol. The van der Waals surface area contributed by atoms with Gasteiger partial charge in [0.15, 0.2) is 0 Å². The largest absolute Gasteiger partial charge is 0.457 e. The Kier molecular flexibility index (Phi) is 5.09. The number of rotatable bonds is 4.